The minimum atomic E-state index is -0.718. The molecular weight excluding hydrogens is 384 g/mol. The topological polar surface area (TPSA) is 77.8 Å². The molecule has 1 atom stereocenters. The quantitative estimate of drug-likeness (QED) is 0.511. The van der Waals surface area contributed by atoms with Crippen molar-refractivity contribution in [2.45, 2.75) is 46.7 Å². The lowest BCUT2D eigenvalue weighted by molar-refractivity contribution is 0.0565. The number of carbonyl (C=O) groups excluding carboxylic acids is 3. The highest BCUT2D eigenvalue weighted by Crippen LogP contribution is 2.26. The Morgan fingerprint density at radius 3 is 2.03 bits per heavy atom. The van der Waals surface area contributed by atoms with Crippen LogP contribution in [-0.2, 0) is 11.8 Å². The van der Waals surface area contributed by atoms with Crippen LogP contribution in [0.15, 0.2) is 24.3 Å². The second kappa shape index (κ2) is 9.15. The number of benzene rings is 1. The maximum Gasteiger partial charge on any atom is 0.354 e. The van der Waals surface area contributed by atoms with Gasteiger partial charge < -0.3 is 18.9 Å². The number of rotatable bonds is 7. The Balaban J connectivity index is 2.45. The maximum atomic E-state index is 13.5. The summed E-state index contributed by atoms with van der Waals surface area (Å²) in [5.74, 6) is -0.309. The smallest absolute Gasteiger partial charge is 0.354 e. The lowest BCUT2D eigenvalue weighted by atomic mass is 9.98. The van der Waals surface area contributed by atoms with Crippen molar-refractivity contribution in [3.05, 3.63) is 52.3 Å². The Bertz CT molecular complexity index is 957. The highest BCUT2D eigenvalue weighted by atomic mass is 16.5. The molecule has 7 heteroatoms. The van der Waals surface area contributed by atoms with E-state index in [9.17, 15) is 14.4 Å². The highest BCUT2D eigenvalue weighted by Gasteiger charge is 2.34. The maximum absolute atomic E-state index is 13.5. The van der Waals surface area contributed by atoms with Crippen molar-refractivity contribution in [2.24, 2.45) is 7.05 Å². The fourth-order valence-corrected chi connectivity index (χ4v) is 3.80. The predicted octanol–water partition coefficient (Wildman–Crippen LogP) is 3.56. The summed E-state index contributed by atoms with van der Waals surface area (Å²) in [6, 6.07) is 5.87. The van der Waals surface area contributed by atoms with E-state index >= 15 is 0 Å². The van der Waals surface area contributed by atoms with Gasteiger partial charge in [-0.3, -0.25) is 9.59 Å². The van der Waals surface area contributed by atoms with Crippen molar-refractivity contribution in [1.82, 2.24) is 9.47 Å². The van der Waals surface area contributed by atoms with E-state index in [0.29, 0.717) is 33.8 Å². The van der Waals surface area contributed by atoms with E-state index in [1.165, 1.54) is 7.11 Å². The number of methoxy groups -OCH3 is 2. The molecule has 0 fully saturated rings. The molecule has 0 saturated heterocycles. The molecule has 1 amide bonds. The van der Waals surface area contributed by atoms with Crippen LogP contribution in [0, 0.1) is 13.8 Å². The average molecular weight is 415 g/mol. The van der Waals surface area contributed by atoms with Crippen LogP contribution in [0.5, 0.6) is 5.75 Å². The summed E-state index contributed by atoms with van der Waals surface area (Å²) in [5.41, 5.74) is 2.47. The van der Waals surface area contributed by atoms with Crippen LogP contribution in [0.1, 0.15) is 63.2 Å². The van der Waals surface area contributed by atoms with Crippen LogP contribution < -0.4 is 4.74 Å². The number of aromatic nitrogens is 1. The average Bonchev–Trinajstić information content (AvgIpc) is 2.95. The van der Waals surface area contributed by atoms with Crippen molar-refractivity contribution < 1.29 is 23.9 Å². The third-order valence-corrected chi connectivity index (χ3v) is 5.48. The number of Topliss-reactive ketones (excluding diaryl/α,β-unsaturated/α-hetero) is 1. The van der Waals surface area contributed by atoms with Gasteiger partial charge in [-0.1, -0.05) is 0 Å². The number of nitrogens with zero attached hydrogens (tertiary/aromatic N) is 2. The Morgan fingerprint density at radius 2 is 1.57 bits per heavy atom. The first-order chi connectivity index (χ1) is 14.1. The summed E-state index contributed by atoms with van der Waals surface area (Å²) in [7, 11) is 4.59. The van der Waals surface area contributed by atoms with E-state index in [-0.39, 0.29) is 17.7 Å². The summed E-state index contributed by atoms with van der Waals surface area (Å²) >= 11 is 0. The first-order valence-corrected chi connectivity index (χ1v) is 9.81. The summed E-state index contributed by atoms with van der Waals surface area (Å²) in [6.45, 7) is 8.97. The lowest BCUT2D eigenvalue weighted by Crippen LogP contribution is -2.47. The van der Waals surface area contributed by atoms with E-state index in [1.807, 2.05) is 13.8 Å². The Morgan fingerprint density at radius 1 is 1.00 bits per heavy atom. The molecule has 1 aromatic carbocycles. The third-order valence-electron chi connectivity index (χ3n) is 5.48. The molecule has 0 N–H and O–H groups in total. The molecule has 30 heavy (non-hydrogen) atoms. The van der Waals surface area contributed by atoms with Gasteiger partial charge in [0.15, 0.2) is 5.78 Å². The van der Waals surface area contributed by atoms with Crippen molar-refractivity contribution in [2.75, 3.05) is 14.2 Å². The molecule has 1 aromatic heterocycles. The highest BCUT2D eigenvalue weighted by molar-refractivity contribution is 6.07. The van der Waals surface area contributed by atoms with Crippen LogP contribution >= 0.6 is 0 Å². The number of carbonyl (C=O) groups is 3. The molecule has 162 valence electrons. The molecule has 0 bridgehead atoms. The van der Waals surface area contributed by atoms with Crippen molar-refractivity contribution in [3.63, 3.8) is 0 Å². The summed E-state index contributed by atoms with van der Waals surface area (Å²) in [4.78, 5) is 40.4. The fourth-order valence-electron chi connectivity index (χ4n) is 3.80. The molecule has 1 heterocycles. The normalized spacial score (nSPS) is 11.9. The number of esters is 1. The number of hydrogen-bond donors (Lipinski definition) is 0. The predicted molar refractivity (Wildman–Crippen MR) is 114 cm³/mol. The van der Waals surface area contributed by atoms with Crippen LogP contribution in [0.4, 0.5) is 0 Å². The number of ketones is 1. The van der Waals surface area contributed by atoms with E-state index < -0.39 is 12.0 Å². The molecule has 2 aromatic rings. The van der Waals surface area contributed by atoms with Gasteiger partial charge in [-0.2, -0.15) is 0 Å². The van der Waals surface area contributed by atoms with Gasteiger partial charge in [-0.25, -0.2) is 4.79 Å². The lowest BCUT2D eigenvalue weighted by Gasteiger charge is -2.32. The van der Waals surface area contributed by atoms with Crippen molar-refractivity contribution in [1.29, 1.82) is 0 Å². The standard InChI is InChI=1S/C23H30N2O5/c1-13(2)25(22(27)17-9-11-18(29-7)12-10-17)16(5)21(26)19-14(3)20(23(28)30-8)24(6)15(19)4/h9-13,16H,1-8H3/t16-/m0/s1. The molecule has 2 rings (SSSR count). The summed E-state index contributed by atoms with van der Waals surface area (Å²) in [6.07, 6.45) is 0. The van der Waals surface area contributed by atoms with Gasteiger partial charge in [0.2, 0.25) is 0 Å². The summed E-state index contributed by atoms with van der Waals surface area (Å²) in [5, 5.41) is 0. The largest absolute Gasteiger partial charge is 0.497 e. The van der Waals surface area contributed by atoms with E-state index in [4.69, 9.17) is 9.47 Å². The zero-order chi connectivity index (χ0) is 22.7. The van der Waals surface area contributed by atoms with Crippen LogP contribution in [0.3, 0.4) is 0 Å². The van der Waals surface area contributed by atoms with Gasteiger partial charge in [0.1, 0.15) is 11.4 Å². The molecule has 0 aliphatic heterocycles. The number of hydrogen-bond acceptors (Lipinski definition) is 5. The van der Waals surface area contributed by atoms with Crippen molar-refractivity contribution >= 4 is 17.7 Å². The van der Waals surface area contributed by atoms with E-state index in [0.717, 1.165) is 0 Å². The zero-order valence-electron chi connectivity index (χ0n) is 18.9. The Kier molecular flexibility index (Phi) is 7.08. The van der Waals surface area contributed by atoms with Crippen LogP contribution in [0.25, 0.3) is 0 Å². The fraction of sp³-hybridized carbons (Fsp3) is 0.435. The van der Waals surface area contributed by atoms with Crippen LogP contribution in [-0.4, -0.2) is 53.4 Å². The molecule has 0 aliphatic rings. The molecule has 0 saturated carbocycles. The SMILES string of the molecule is COC(=O)c1c(C)c(C(=O)[C@H](C)N(C(=O)c2ccc(OC)cc2)C(C)C)c(C)n1C. The van der Waals surface area contributed by atoms with Gasteiger partial charge in [-0.05, 0) is 64.4 Å². The first-order valence-electron chi connectivity index (χ1n) is 9.81. The Hall–Kier alpha value is -3.09. The van der Waals surface area contributed by atoms with Gasteiger partial charge >= 0.3 is 5.97 Å². The number of ether oxygens (including phenoxy) is 2. The molecule has 0 spiro atoms. The molecular formula is C23H30N2O5. The van der Waals surface area contributed by atoms with E-state index in [1.54, 1.807) is 68.7 Å². The summed E-state index contributed by atoms with van der Waals surface area (Å²) < 4.78 is 11.7. The van der Waals surface area contributed by atoms with Gasteiger partial charge in [-0.15, -0.1) is 0 Å². The first kappa shape index (κ1) is 23.2. The van der Waals surface area contributed by atoms with Gasteiger partial charge in [0.25, 0.3) is 5.91 Å². The second-order valence-corrected chi connectivity index (χ2v) is 7.56. The molecule has 7 nitrogen and oxygen atoms in total. The number of amides is 1. The zero-order valence-corrected chi connectivity index (χ0v) is 18.9. The monoisotopic (exact) mass is 414 g/mol. The third kappa shape index (κ3) is 4.10. The van der Waals surface area contributed by atoms with Crippen LogP contribution in [0.2, 0.25) is 0 Å². The van der Waals surface area contributed by atoms with Gasteiger partial charge in [0, 0.05) is 29.9 Å². The molecule has 0 radical (unpaired) electrons. The van der Waals surface area contributed by atoms with Crippen molar-refractivity contribution in [3.8, 4) is 5.75 Å². The minimum absolute atomic E-state index is 0.206. The Labute approximate surface area is 177 Å². The molecule has 0 unspecified atom stereocenters. The molecule has 0 aliphatic carbocycles. The minimum Gasteiger partial charge on any atom is -0.497 e. The van der Waals surface area contributed by atoms with Gasteiger partial charge in [0.05, 0.1) is 20.3 Å². The second-order valence-electron chi connectivity index (χ2n) is 7.56. The van der Waals surface area contributed by atoms with E-state index in [2.05, 4.69) is 0 Å².